The molecule has 1 unspecified atom stereocenters. The summed E-state index contributed by atoms with van der Waals surface area (Å²) in [5.41, 5.74) is 6.46. The molecule has 1 atom stereocenters. The van der Waals surface area contributed by atoms with E-state index in [2.05, 4.69) is 15.0 Å². The maximum atomic E-state index is 9.90. The number of amidine groups is 1. The van der Waals surface area contributed by atoms with Crippen molar-refractivity contribution >= 4 is 49.5 Å². The third-order valence-electron chi connectivity index (χ3n) is 3.30. The molecule has 2 rings (SSSR count). The van der Waals surface area contributed by atoms with Gasteiger partial charge in [0.15, 0.2) is 5.84 Å². The number of β-amino-alcohol motifs (C(OH)–C–C–N with tert-alkyl or cyclic N) is 1. The van der Waals surface area contributed by atoms with Crippen molar-refractivity contribution in [3.63, 3.8) is 0 Å². The number of aliphatic hydroxyl groups is 1. The molecule has 1 saturated heterocycles. The number of nitrogens with two attached hydrogens (primary N) is 3. The Hall–Kier alpha value is 0.108. The molecule has 2 heterocycles. The minimum absolute atomic E-state index is 0. The van der Waals surface area contributed by atoms with Gasteiger partial charge in [-0.15, -0.1) is 24.8 Å². The minimum Gasteiger partial charge on any atom is -0.693 e. The van der Waals surface area contributed by atoms with Crippen LogP contribution < -0.4 is 5.73 Å². The van der Waals surface area contributed by atoms with Gasteiger partial charge in [-0.25, -0.2) is 0 Å². The van der Waals surface area contributed by atoms with Crippen LogP contribution in [0.3, 0.4) is 0 Å². The van der Waals surface area contributed by atoms with E-state index < -0.39 is 22.6 Å². The first kappa shape index (κ1) is 34.6. The summed E-state index contributed by atoms with van der Waals surface area (Å²) in [7, 11) is 9.75. The Labute approximate surface area is 189 Å². The third-order valence-corrected chi connectivity index (χ3v) is 3.30. The van der Waals surface area contributed by atoms with Gasteiger partial charge >= 0.3 is 35.3 Å². The number of hydrogen-bond donors (Lipinski definition) is 2. The van der Waals surface area contributed by atoms with Gasteiger partial charge in [0.2, 0.25) is 0 Å². The number of oxime groups is 1. The fourth-order valence-electron chi connectivity index (χ4n) is 2.25. The number of nitrogens with zero attached hydrogens (tertiary/aromatic N) is 3. The summed E-state index contributed by atoms with van der Waals surface area (Å²) in [5.74, 6) is 0.267. The van der Waals surface area contributed by atoms with Crippen molar-refractivity contribution in [1.82, 2.24) is 9.88 Å². The zero-order valence-electron chi connectivity index (χ0n) is 14.7. The van der Waals surface area contributed by atoms with Crippen LogP contribution in [0, 0.1) is 0 Å². The summed E-state index contributed by atoms with van der Waals surface area (Å²) >= 11 is -0.472. The van der Waals surface area contributed by atoms with Crippen molar-refractivity contribution in [1.29, 1.82) is 0 Å². The molecule has 27 heavy (non-hydrogen) atoms. The predicted molar refractivity (Wildman–Crippen MR) is 114 cm³/mol. The fraction of sp³-hybridized carbons (Fsp3) is 0.571. The first-order valence-electron chi connectivity index (χ1n) is 7.26. The van der Waals surface area contributed by atoms with E-state index in [0.717, 1.165) is 13.1 Å². The number of hydrogen-bond acceptors (Lipinski definition) is 5. The quantitative estimate of drug-likeness (QED) is 0.269. The fourth-order valence-corrected chi connectivity index (χ4v) is 2.25. The van der Waals surface area contributed by atoms with Gasteiger partial charge in [0.05, 0.1) is 0 Å². The Bertz CT molecular complexity index is 458. The normalized spacial score (nSPS) is 14.7. The summed E-state index contributed by atoms with van der Waals surface area (Å²) in [6.07, 6.45) is 6.44. The molecule has 1 fully saturated rings. The van der Waals surface area contributed by atoms with Gasteiger partial charge < -0.3 is 32.9 Å². The van der Waals surface area contributed by atoms with Crippen LogP contribution in [0.15, 0.2) is 29.7 Å². The van der Waals surface area contributed by atoms with Gasteiger partial charge in [-0.1, -0.05) is 11.6 Å². The number of piperidine rings is 1. The maximum absolute atomic E-state index is 9.90. The molecule has 13 heteroatoms. The molecule has 1 aromatic rings. The number of aliphatic hydroxyl groups excluding tert-OH is 1. The van der Waals surface area contributed by atoms with Crippen LogP contribution in [0.2, 0.25) is 0 Å². The molecule has 1 aliphatic heterocycles. The smallest absolute Gasteiger partial charge is 0.693 e. The van der Waals surface area contributed by atoms with Crippen molar-refractivity contribution in [3.8, 4) is 0 Å². The van der Waals surface area contributed by atoms with Crippen LogP contribution in [0.5, 0.6) is 0 Å². The second-order valence-electron chi connectivity index (χ2n) is 5.07. The van der Waals surface area contributed by atoms with Gasteiger partial charge in [-0.2, -0.15) is 0 Å². The van der Waals surface area contributed by atoms with Crippen molar-refractivity contribution in [2.45, 2.75) is 25.4 Å². The average molecular weight is 649 g/mol. The largest absolute Gasteiger partial charge is 0.693 e. The van der Waals surface area contributed by atoms with Gasteiger partial charge in [0, 0.05) is 24.5 Å². The molecular weight excluding hydrogens is 621 g/mol. The van der Waals surface area contributed by atoms with Crippen molar-refractivity contribution in [2.75, 3.05) is 26.2 Å². The van der Waals surface area contributed by atoms with E-state index in [-0.39, 0.29) is 49.6 Å². The third kappa shape index (κ3) is 16.7. The van der Waals surface area contributed by atoms with Crippen LogP contribution in [-0.2, 0) is 21.3 Å². The first-order chi connectivity index (χ1) is 11.2. The Kier molecular flexibility index (Phi) is 28.7. The van der Waals surface area contributed by atoms with Gasteiger partial charge in [-0.3, -0.25) is 4.98 Å². The molecule has 164 valence electrons. The molecule has 0 radical (unpaired) electrons. The van der Waals surface area contributed by atoms with E-state index in [4.69, 9.17) is 29.4 Å². The van der Waals surface area contributed by atoms with Crippen LogP contribution in [0.1, 0.15) is 24.8 Å². The molecular formula is C14H28Cl4N6O2Pt. The molecule has 0 aromatic carbocycles. The van der Waals surface area contributed by atoms with Gasteiger partial charge in [0.1, 0.15) is 12.7 Å². The van der Waals surface area contributed by atoms with Crippen LogP contribution >= 0.6 is 43.7 Å². The van der Waals surface area contributed by atoms with Crippen LogP contribution in [0.4, 0.5) is 0 Å². The molecule has 1 aromatic heterocycles. The molecule has 0 spiro atoms. The summed E-state index contributed by atoms with van der Waals surface area (Å²) in [4.78, 5) is 11.3. The van der Waals surface area contributed by atoms with E-state index in [1.54, 1.807) is 24.5 Å². The molecule has 0 aliphatic carbocycles. The second-order valence-corrected chi connectivity index (χ2v) is 8.36. The summed E-state index contributed by atoms with van der Waals surface area (Å²) in [6, 6.07) is 3.59. The molecule has 0 saturated carbocycles. The van der Waals surface area contributed by atoms with E-state index in [0.29, 0.717) is 12.1 Å². The Morgan fingerprint density at radius 3 is 2.41 bits per heavy atom. The maximum Gasteiger partial charge on any atom is -0.693 e. The number of halogens is 4. The zero-order valence-corrected chi connectivity index (χ0v) is 20.1. The number of aromatic nitrogens is 1. The number of likely N-dealkylation sites (tertiary alicyclic amines) is 1. The van der Waals surface area contributed by atoms with E-state index in [1.165, 1.54) is 19.3 Å². The standard InChI is InChI=1S/C14H22N4O2.4ClH.2H2N.Pt/c15-14(12-5-4-6-16-9-12)17-20-11-13(19)10-18-7-2-1-3-8-18;;;;;;;/h4-6,9,13,19H,1-3,7-8,10-11H2,(H2,15,17);4*1H;2*1H2;/q;;;;;2*-1;+4/p-2. The summed E-state index contributed by atoms with van der Waals surface area (Å²) < 4.78 is 0. The minimum atomic E-state index is -0.543. The van der Waals surface area contributed by atoms with Gasteiger partial charge in [0.25, 0.3) is 0 Å². The topological polar surface area (TPSA) is 151 Å². The van der Waals surface area contributed by atoms with E-state index in [1.807, 2.05) is 0 Å². The number of rotatable bonds is 6. The summed E-state index contributed by atoms with van der Waals surface area (Å²) in [5, 5.41) is 13.7. The van der Waals surface area contributed by atoms with Gasteiger partial charge in [-0.05, 0) is 38.1 Å². The Morgan fingerprint density at radius 1 is 1.30 bits per heavy atom. The van der Waals surface area contributed by atoms with Crippen molar-refractivity contribution in [2.24, 2.45) is 10.9 Å². The Balaban J connectivity index is -0.000000355. The van der Waals surface area contributed by atoms with Crippen LogP contribution in [-0.4, -0.2) is 53.2 Å². The van der Waals surface area contributed by atoms with E-state index >= 15 is 0 Å². The first-order valence-corrected chi connectivity index (χ1v) is 12.9. The van der Waals surface area contributed by atoms with Crippen LogP contribution in [0.25, 0.3) is 12.3 Å². The number of pyridine rings is 1. The molecule has 1 aliphatic rings. The van der Waals surface area contributed by atoms with Crippen molar-refractivity contribution < 1.29 is 26.4 Å². The molecule has 0 bridgehead atoms. The average Bonchev–Trinajstić information content (AvgIpc) is 2.57. The Morgan fingerprint density at radius 2 is 1.89 bits per heavy atom. The summed E-state index contributed by atoms with van der Waals surface area (Å²) in [6.45, 7) is 2.89. The monoisotopic (exact) mass is 647 g/mol. The van der Waals surface area contributed by atoms with Crippen molar-refractivity contribution in [3.05, 3.63) is 42.4 Å². The second kappa shape index (κ2) is 22.4. The molecule has 8 nitrogen and oxygen atoms in total. The van der Waals surface area contributed by atoms with E-state index in [9.17, 15) is 5.11 Å². The zero-order chi connectivity index (χ0) is 16.9. The SMILES string of the molecule is Cl.Cl.N/C(=N\OCC(O)CN1CCCCC1)c1cccnc1.[Cl][Pt+2][Cl].[NH2-].[NH2-]. The molecule has 7 N–H and O–H groups in total. The molecule has 0 amide bonds. The predicted octanol–water partition coefficient (Wildman–Crippen LogP) is 4.22.